The molecule has 2 aromatic heterocycles. The van der Waals surface area contributed by atoms with E-state index >= 15 is 0 Å². The van der Waals surface area contributed by atoms with Crippen LogP contribution >= 0.6 is 11.3 Å². The van der Waals surface area contributed by atoms with Gasteiger partial charge in [-0.25, -0.2) is 9.37 Å². The topological polar surface area (TPSA) is 68.0 Å². The first kappa shape index (κ1) is 15.0. The predicted molar refractivity (Wildman–Crippen MR) is 98.4 cm³/mol. The number of nitrogens with two attached hydrogens (primary N) is 1. The summed E-state index contributed by atoms with van der Waals surface area (Å²) in [6.07, 6.45) is 0. The van der Waals surface area contributed by atoms with Crippen molar-refractivity contribution in [2.24, 2.45) is 5.73 Å². The Labute approximate surface area is 140 Å². The average molecular weight is 339 g/mol. The molecule has 6 heteroatoms. The second-order valence-corrected chi connectivity index (χ2v) is 6.47. The highest BCUT2D eigenvalue weighted by molar-refractivity contribution is 7.25. The lowest BCUT2D eigenvalue weighted by atomic mass is 10.1. The molecule has 3 N–H and O–H groups in total. The average Bonchev–Trinajstić information content (AvgIpc) is 2.60. The summed E-state index contributed by atoms with van der Waals surface area (Å²) in [7, 11) is 0. The molecule has 0 amide bonds. The van der Waals surface area contributed by atoms with Gasteiger partial charge in [0.05, 0.1) is 20.3 Å². The van der Waals surface area contributed by atoms with Gasteiger partial charge in [-0.05, 0) is 18.2 Å². The van der Waals surface area contributed by atoms with Gasteiger partial charge < -0.3 is 11.1 Å². The van der Waals surface area contributed by atoms with E-state index in [4.69, 9.17) is 5.73 Å². The molecular formula is C18H14FN3OS. The molecule has 0 radical (unpaired) electrons. The SMILES string of the molecule is NCCNc1nc2ccccc2c2c(=O)c3cccc(F)c3sc12. The number of aromatic nitrogens is 1. The van der Waals surface area contributed by atoms with Crippen LogP contribution in [0.15, 0.2) is 47.3 Å². The van der Waals surface area contributed by atoms with Crippen molar-refractivity contribution in [3.8, 4) is 0 Å². The first-order chi connectivity index (χ1) is 11.7. The number of rotatable bonds is 3. The summed E-state index contributed by atoms with van der Waals surface area (Å²) in [6.45, 7) is 0.962. The molecule has 120 valence electrons. The zero-order valence-corrected chi connectivity index (χ0v) is 13.5. The lowest BCUT2D eigenvalue weighted by Crippen LogP contribution is -2.15. The highest BCUT2D eigenvalue weighted by atomic mass is 32.1. The molecule has 4 rings (SSSR count). The number of para-hydroxylation sites is 1. The number of halogens is 1. The summed E-state index contributed by atoms with van der Waals surface area (Å²) in [5, 5.41) is 4.90. The summed E-state index contributed by atoms with van der Waals surface area (Å²) in [6, 6.07) is 12.1. The van der Waals surface area contributed by atoms with Gasteiger partial charge in [-0.3, -0.25) is 4.79 Å². The molecule has 0 spiro atoms. The Hall–Kier alpha value is -2.57. The number of anilines is 1. The molecule has 0 atom stereocenters. The number of pyridine rings is 1. The summed E-state index contributed by atoms with van der Waals surface area (Å²) in [4.78, 5) is 17.6. The highest BCUT2D eigenvalue weighted by Gasteiger charge is 2.16. The smallest absolute Gasteiger partial charge is 0.196 e. The summed E-state index contributed by atoms with van der Waals surface area (Å²) in [5.74, 6) is 0.177. The van der Waals surface area contributed by atoms with Crippen LogP contribution in [0.5, 0.6) is 0 Å². The Morgan fingerprint density at radius 3 is 2.71 bits per heavy atom. The molecular weight excluding hydrogens is 325 g/mol. The minimum Gasteiger partial charge on any atom is -0.368 e. The number of hydrogen-bond acceptors (Lipinski definition) is 5. The molecule has 4 nitrogen and oxygen atoms in total. The molecule has 0 aliphatic heterocycles. The Morgan fingerprint density at radius 1 is 1.08 bits per heavy atom. The Balaban J connectivity index is 2.24. The van der Waals surface area contributed by atoms with Crippen LogP contribution in [-0.4, -0.2) is 18.1 Å². The van der Waals surface area contributed by atoms with Gasteiger partial charge in [-0.2, -0.15) is 0 Å². The van der Waals surface area contributed by atoms with Crippen LogP contribution < -0.4 is 16.5 Å². The van der Waals surface area contributed by atoms with Crippen molar-refractivity contribution < 1.29 is 4.39 Å². The van der Waals surface area contributed by atoms with Crippen LogP contribution in [0.4, 0.5) is 10.2 Å². The van der Waals surface area contributed by atoms with Gasteiger partial charge in [0.15, 0.2) is 5.43 Å². The van der Waals surface area contributed by atoms with Crippen molar-refractivity contribution in [2.45, 2.75) is 0 Å². The fourth-order valence-electron chi connectivity index (χ4n) is 2.86. The molecule has 0 unspecified atom stereocenters. The van der Waals surface area contributed by atoms with Gasteiger partial charge >= 0.3 is 0 Å². The Bertz CT molecular complexity index is 1140. The summed E-state index contributed by atoms with van der Waals surface area (Å²) >= 11 is 1.24. The monoisotopic (exact) mass is 339 g/mol. The molecule has 4 aromatic rings. The predicted octanol–water partition coefficient (Wildman–Crippen LogP) is 3.47. The lowest BCUT2D eigenvalue weighted by Gasteiger charge is -2.11. The molecule has 0 fully saturated rings. The number of fused-ring (bicyclic) bond motifs is 4. The highest BCUT2D eigenvalue weighted by Crippen LogP contribution is 2.34. The Morgan fingerprint density at radius 2 is 1.88 bits per heavy atom. The largest absolute Gasteiger partial charge is 0.368 e. The maximum absolute atomic E-state index is 14.2. The van der Waals surface area contributed by atoms with E-state index in [1.807, 2.05) is 24.3 Å². The molecule has 24 heavy (non-hydrogen) atoms. The number of hydrogen-bond donors (Lipinski definition) is 2. The van der Waals surface area contributed by atoms with E-state index in [-0.39, 0.29) is 5.43 Å². The van der Waals surface area contributed by atoms with E-state index in [1.165, 1.54) is 17.4 Å². The molecule has 0 aliphatic carbocycles. The fourth-order valence-corrected chi connectivity index (χ4v) is 4.02. The number of nitrogens with zero attached hydrogens (tertiary/aromatic N) is 1. The second kappa shape index (κ2) is 5.81. The van der Waals surface area contributed by atoms with Gasteiger partial charge in [0.2, 0.25) is 0 Å². The number of benzene rings is 2. The van der Waals surface area contributed by atoms with Crippen LogP contribution in [0.3, 0.4) is 0 Å². The molecule has 2 heterocycles. The summed E-state index contributed by atoms with van der Waals surface area (Å²) < 4.78 is 15.2. The van der Waals surface area contributed by atoms with Gasteiger partial charge in [-0.15, -0.1) is 11.3 Å². The van der Waals surface area contributed by atoms with E-state index in [1.54, 1.807) is 12.1 Å². The third-order valence-electron chi connectivity index (χ3n) is 3.93. The van der Waals surface area contributed by atoms with Crippen LogP contribution in [0.1, 0.15) is 0 Å². The van der Waals surface area contributed by atoms with Crippen LogP contribution in [0.25, 0.3) is 31.1 Å². The van der Waals surface area contributed by atoms with Crippen molar-refractivity contribution in [3.63, 3.8) is 0 Å². The molecule has 0 aliphatic rings. The third kappa shape index (κ3) is 2.23. The van der Waals surface area contributed by atoms with Gasteiger partial charge in [0.1, 0.15) is 11.6 Å². The maximum Gasteiger partial charge on any atom is 0.196 e. The first-order valence-corrected chi connectivity index (χ1v) is 8.40. The molecule has 0 bridgehead atoms. The maximum atomic E-state index is 14.2. The van der Waals surface area contributed by atoms with Crippen LogP contribution in [-0.2, 0) is 0 Å². The Kier molecular flexibility index (Phi) is 3.63. The molecule has 0 saturated heterocycles. The van der Waals surface area contributed by atoms with Crippen molar-refractivity contribution in [1.82, 2.24) is 4.98 Å². The van der Waals surface area contributed by atoms with Crippen molar-refractivity contribution in [3.05, 3.63) is 58.5 Å². The minimum absolute atomic E-state index is 0.173. The van der Waals surface area contributed by atoms with Crippen molar-refractivity contribution in [1.29, 1.82) is 0 Å². The van der Waals surface area contributed by atoms with E-state index in [9.17, 15) is 9.18 Å². The van der Waals surface area contributed by atoms with Crippen molar-refractivity contribution in [2.75, 3.05) is 18.4 Å². The number of nitrogens with one attached hydrogen (secondary N) is 1. The van der Waals surface area contributed by atoms with E-state index in [0.717, 1.165) is 10.9 Å². The van der Waals surface area contributed by atoms with Crippen LogP contribution in [0, 0.1) is 5.82 Å². The standard InChI is InChI=1S/C18H14FN3OS/c19-12-6-3-5-11-15(23)14-10-4-1-2-7-13(10)22-18(21-9-8-20)17(14)24-16(11)12/h1-7H,8-9,20H2,(H,21,22). The quantitative estimate of drug-likeness (QED) is 0.443. The minimum atomic E-state index is -0.394. The van der Waals surface area contributed by atoms with Crippen molar-refractivity contribution >= 4 is 48.2 Å². The lowest BCUT2D eigenvalue weighted by molar-refractivity contribution is 0.641. The third-order valence-corrected chi connectivity index (χ3v) is 5.15. The van der Waals surface area contributed by atoms with E-state index < -0.39 is 5.82 Å². The molecule has 0 saturated carbocycles. The zero-order chi connectivity index (χ0) is 16.7. The van der Waals surface area contributed by atoms with E-state index in [0.29, 0.717) is 39.1 Å². The van der Waals surface area contributed by atoms with Gasteiger partial charge in [0.25, 0.3) is 0 Å². The first-order valence-electron chi connectivity index (χ1n) is 7.58. The van der Waals surface area contributed by atoms with Crippen LogP contribution in [0.2, 0.25) is 0 Å². The van der Waals surface area contributed by atoms with Gasteiger partial charge in [0, 0.05) is 23.9 Å². The summed E-state index contributed by atoms with van der Waals surface area (Å²) in [5.41, 5.74) is 6.12. The zero-order valence-electron chi connectivity index (χ0n) is 12.7. The normalized spacial score (nSPS) is 11.4. The van der Waals surface area contributed by atoms with Gasteiger partial charge in [-0.1, -0.05) is 24.3 Å². The fraction of sp³-hybridized carbons (Fsp3) is 0.111. The molecule has 2 aromatic carbocycles. The van der Waals surface area contributed by atoms with E-state index in [2.05, 4.69) is 10.3 Å². The second-order valence-electron chi connectivity index (χ2n) is 5.44.